The van der Waals surface area contributed by atoms with Crippen LogP contribution in [0.4, 0.5) is 0 Å². The number of aromatic nitrogens is 3. The van der Waals surface area contributed by atoms with Crippen LogP contribution in [0.5, 0.6) is 0 Å². The monoisotopic (exact) mass is 307 g/mol. The van der Waals surface area contributed by atoms with Crippen LogP contribution in [0.2, 0.25) is 0 Å². The molecule has 0 saturated heterocycles. The van der Waals surface area contributed by atoms with Gasteiger partial charge in [0.2, 0.25) is 0 Å². The van der Waals surface area contributed by atoms with Crippen LogP contribution in [0.15, 0.2) is 63.7 Å². The Bertz CT molecular complexity index is 974. The summed E-state index contributed by atoms with van der Waals surface area (Å²) >= 11 is 0. The lowest BCUT2D eigenvalue weighted by atomic mass is 9.71. The van der Waals surface area contributed by atoms with Crippen LogP contribution in [0, 0.1) is 0 Å². The third kappa shape index (κ3) is 1.47. The van der Waals surface area contributed by atoms with Gasteiger partial charge in [0.05, 0.1) is 17.3 Å². The highest BCUT2D eigenvalue weighted by Gasteiger charge is 2.49. The van der Waals surface area contributed by atoms with Crippen LogP contribution in [0.25, 0.3) is 5.69 Å². The van der Waals surface area contributed by atoms with Gasteiger partial charge in [-0.05, 0) is 43.4 Å². The predicted molar refractivity (Wildman–Crippen MR) is 87.0 cm³/mol. The quantitative estimate of drug-likeness (QED) is 0.758. The third-order valence-electron chi connectivity index (χ3n) is 5.51. The molecule has 1 spiro atoms. The van der Waals surface area contributed by atoms with Gasteiger partial charge < -0.3 is 0 Å². The number of fused-ring (bicyclic) bond motifs is 1. The molecule has 4 aliphatic rings. The van der Waals surface area contributed by atoms with E-state index >= 15 is 0 Å². The minimum atomic E-state index is -0.334. The molecule has 2 aliphatic heterocycles. The van der Waals surface area contributed by atoms with E-state index in [0.29, 0.717) is 5.69 Å². The van der Waals surface area contributed by atoms with Gasteiger partial charge in [0.25, 0.3) is 0 Å². The summed E-state index contributed by atoms with van der Waals surface area (Å²) in [6.45, 7) is 0. The Balaban J connectivity index is 1.85. The molecule has 2 aromatic rings. The van der Waals surface area contributed by atoms with E-state index in [1.54, 1.807) is 9.36 Å². The lowest BCUT2D eigenvalue weighted by molar-refractivity contribution is 0.137. The summed E-state index contributed by atoms with van der Waals surface area (Å²) < 4.78 is 4.74. The van der Waals surface area contributed by atoms with Crippen molar-refractivity contribution in [1.82, 2.24) is 13.9 Å². The number of benzene rings is 1. The van der Waals surface area contributed by atoms with Crippen LogP contribution < -0.4 is 11.4 Å². The summed E-state index contributed by atoms with van der Waals surface area (Å²) in [6, 6.07) is 9.21. The molecule has 0 saturated carbocycles. The van der Waals surface area contributed by atoms with E-state index in [1.165, 1.54) is 10.1 Å². The van der Waals surface area contributed by atoms with Crippen LogP contribution in [-0.2, 0) is 5.54 Å². The number of allylic oxidation sites excluding steroid dienone is 4. The predicted octanol–water partition coefficient (Wildman–Crippen LogP) is 2.12. The lowest BCUT2D eigenvalue weighted by Gasteiger charge is -2.48. The highest BCUT2D eigenvalue weighted by atomic mass is 16.2. The van der Waals surface area contributed by atoms with Crippen molar-refractivity contribution in [2.45, 2.75) is 37.3 Å². The second-order valence-corrected chi connectivity index (χ2v) is 6.60. The molecule has 6 rings (SSSR count). The van der Waals surface area contributed by atoms with E-state index in [9.17, 15) is 9.59 Å². The first-order chi connectivity index (χ1) is 11.2. The summed E-state index contributed by atoms with van der Waals surface area (Å²) in [5.41, 5.74) is 1.16. The largest absolute Gasteiger partial charge is 0.352 e. The van der Waals surface area contributed by atoms with Gasteiger partial charge in [-0.1, -0.05) is 36.4 Å². The zero-order valence-electron chi connectivity index (χ0n) is 12.7. The molecule has 5 nitrogen and oxygen atoms in total. The number of para-hydroxylation sites is 1. The normalized spacial score (nSPS) is 27.5. The molecule has 2 aliphatic carbocycles. The molecular formula is C18H17N3O2. The average molecular weight is 307 g/mol. The topological polar surface area (TPSA) is 48.9 Å². The molecule has 116 valence electrons. The van der Waals surface area contributed by atoms with Crippen molar-refractivity contribution in [1.29, 1.82) is 0 Å². The lowest BCUT2D eigenvalue weighted by Crippen LogP contribution is -2.54. The van der Waals surface area contributed by atoms with Gasteiger partial charge in [-0.3, -0.25) is 0 Å². The standard InChI is InChI=1S/C18H17N3O2/c22-16-19(14-7-2-1-3-8-14)17(23)21-18-10-5-4-6-13(18)12-15(9-11-18)20(16)21/h1-5,7-8,12,15H,6,9-11H2/t15-,18-/m1/s1. The highest BCUT2D eigenvalue weighted by Crippen LogP contribution is 2.48. The van der Waals surface area contributed by atoms with Crippen molar-refractivity contribution in [3.63, 3.8) is 0 Å². The number of hydrogen-bond acceptors (Lipinski definition) is 2. The van der Waals surface area contributed by atoms with Gasteiger partial charge in [0.15, 0.2) is 0 Å². The summed E-state index contributed by atoms with van der Waals surface area (Å²) in [4.78, 5) is 26.1. The smallest absolute Gasteiger partial charge is 0.245 e. The number of hydrogen-bond donors (Lipinski definition) is 0. The number of nitrogens with zero attached hydrogens (tertiary/aromatic N) is 3. The number of rotatable bonds is 1. The van der Waals surface area contributed by atoms with Gasteiger partial charge in [-0.2, -0.15) is 0 Å². The maximum absolute atomic E-state index is 13.1. The van der Waals surface area contributed by atoms with Crippen LogP contribution >= 0.6 is 0 Å². The van der Waals surface area contributed by atoms with Crippen molar-refractivity contribution in [3.8, 4) is 5.69 Å². The second kappa shape index (κ2) is 4.25. The summed E-state index contributed by atoms with van der Waals surface area (Å²) in [5.74, 6) is 0. The first kappa shape index (κ1) is 12.9. The first-order valence-corrected chi connectivity index (χ1v) is 8.11. The third-order valence-corrected chi connectivity index (χ3v) is 5.51. The van der Waals surface area contributed by atoms with Gasteiger partial charge in [-0.15, -0.1) is 0 Å². The molecular weight excluding hydrogens is 290 g/mol. The second-order valence-electron chi connectivity index (χ2n) is 6.60. The Labute approximate surface area is 132 Å². The molecule has 5 heteroatoms. The molecule has 2 bridgehead atoms. The Kier molecular flexibility index (Phi) is 2.39. The van der Waals surface area contributed by atoms with E-state index in [2.05, 4.69) is 18.2 Å². The van der Waals surface area contributed by atoms with Crippen molar-refractivity contribution < 1.29 is 0 Å². The van der Waals surface area contributed by atoms with Crippen LogP contribution in [0.1, 0.15) is 31.7 Å². The van der Waals surface area contributed by atoms with E-state index in [4.69, 9.17) is 0 Å². The minimum absolute atomic E-state index is 0.00328. The Morgan fingerprint density at radius 1 is 1.04 bits per heavy atom. The fraction of sp³-hybridized carbons (Fsp3) is 0.333. The van der Waals surface area contributed by atoms with E-state index < -0.39 is 0 Å². The molecule has 2 atom stereocenters. The Morgan fingerprint density at radius 2 is 1.87 bits per heavy atom. The summed E-state index contributed by atoms with van der Waals surface area (Å²) in [7, 11) is 0. The minimum Gasteiger partial charge on any atom is -0.245 e. The molecule has 23 heavy (non-hydrogen) atoms. The fourth-order valence-electron chi connectivity index (χ4n) is 4.45. The molecule has 0 unspecified atom stereocenters. The molecule has 0 fully saturated rings. The van der Waals surface area contributed by atoms with Crippen molar-refractivity contribution in [2.24, 2.45) is 0 Å². The maximum atomic E-state index is 13.1. The average Bonchev–Trinajstić information content (AvgIpc) is 2.88. The molecule has 1 aromatic carbocycles. The Morgan fingerprint density at radius 3 is 2.70 bits per heavy atom. The first-order valence-electron chi connectivity index (χ1n) is 8.11. The van der Waals surface area contributed by atoms with Crippen molar-refractivity contribution >= 4 is 0 Å². The van der Waals surface area contributed by atoms with E-state index in [1.807, 2.05) is 30.3 Å². The van der Waals surface area contributed by atoms with Crippen molar-refractivity contribution in [2.75, 3.05) is 0 Å². The Hall–Kier alpha value is -2.56. The van der Waals surface area contributed by atoms with Crippen molar-refractivity contribution in [3.05, 3.63) is 75.1 Å². The zero-order chi connectivity index (χ0) is 15.6. The van der Waals surface area contributed by atoms with Gasteiger partial charge >= 0.3 is 11.4 Å². The summed E-state index contributed by atoms with van der Waals surface area (Å²) in [5, 5.41) is 0. The highest BCUT2D eigenvalue weighted by molar-refractivity contribution is 5.35. The molecule has 3 heterocycles. The molecule has 0 amide bonds. The summed E-state index contributed by atoms with van der Waals surface area (Å²) in [6.07, 6.45) is 10.1. The van der Waals surface area contributed by atoms with Gasteiger partial charge in [-0.25, -0.2) is 23.5 Å². The fourth-order valence-corrected chi connectivity index (χ4v) is 4.45. The van der Waals surface area contributed by atoms with Gasteiger partial charge in [0.1, 0.15) is 0 Å². The maximum Gasteiger partial charge on any atom is 0.352 e. The zero-order valence-corrected chi connectivity index (χ0v) is 12.7. The van der Waals surface area contributed by atoms with Crippen LogP contribution in [-0.4, -0.2) is 13.9 Å². The molecule has 0 radical (unpaired) electrons. The molecule has 0 N–H and O–H groups in total. The van der Waals surface area contributed by atoms with Crippen LogP contribution in [0.3, 0.4) is 0 Å². The van der Waals surface area contributed by atoms with E-state index in [0.717, 1.165) is 25.7 Å². The SMILES string of the molecule is O=c1n(-c2ccccc2)c(=O)n2n1[C@H]1C=C3CC=CC[C@@]32CC1. The van der Waals surface area contributed by atoms with Gasteiger partial charge in [0, 0.05) is 0 Å². The van der Waals surface area contributed by atoms with E-state index in [-0.39, 0.29) is 23.0 Å². The molecule has 1 aromatic heterocycles.